The zero-order chi connectivity index (χ0) is 7.40. The van der Waals surface area contributed by atoms with E-state index in [4.69, 9.17) is 0 Å². The summed E-state index contributed by atoms with van der Waals surface area (Å²) in [5.74, 6) is 2.00. The second kappa shape index (κ2) is 5.59. The maximum atomic E-state index is 3.27. The molecule has 0 spiro atoms. The molecule has 0 radical (unpaired) electrons. The third kappa shape index (κ3) is 2.82. The van der Waals surface area contributed by atoms with Crippen LogP contribution in [0.5, 0.6) is 0 Å². The molecule has 0 heterocycles. The van der Waals surface area contributed by atoms with E-state index >= 15 is 0 Å². The Hall–Kier alpha value is -0.0400. The van der Waals surface area contributed by atoms with Gasteiger partial charge in [0.15, 0.2) is 0 Å². The molecule has 2 atom stereocenters. The molecule has 1 heteroatoms. The Labute approximate surface area is 71.6 Å². The van der Waals surface area contributed by atoms with Crippen molar-refractivity contribution in [1.82, 2.24) is 5.32 Å². The smallest absolute Gasteiger partial charge is 0.00209 e. The van der Waals surface area contributed by atoms with Gasteiger partial charge in [-0.15, -0.1) is 0 Å². The highest BCUT2D eigenvalue weighted by Crippen LogP contribution is 2.33. The quantitative estimate of drug-likeness (QED) is 0.664. The van der Waals surface area contributed by atoms with Gasteiger partial charge in [-0.3, -0.25) is 0 Å². The maximum Gasteiger partial charge on any atom is -0.00209 e. The highest BCUT2D eigenvalue weighted by Gasteiger charge is 2.24. The molecule has 1 N–H and O–H groups in total. The van der Waals surface area contributed by atoms with E-state index in [-0.39, 0.29) is 7.43 Å². The number of hydrogen-bond donors (Lipinski definition) is 1. The molecule has 0 aromatic rings. The molecule has 0 aliphatic heterocycles. The lowest BCUT2D eigenvalue weighted by molar-refractivity contribution is 0.367. The summed E-state index contributed by atoms with van der Waals surface area (Å²) in [4.78, 5) is 0. The lowest BCUT2D eigenvalue weighted by atomic mass is 9.94. The molecule has 1 saturated carbocycles. The van der Waals surface area contributed by atoms with E-state index in [0.717, 1.165) is 11.8 Å². The van der Waals surface area contributed by atoms with E-state index in [2.05, 4.69) is 19.3 Å². The van der Waals surface area contributed by atoms with Gasteiger partial charge in [-0.1, -0.05) is 33.6 Å². The molecular formula is C10H23N. The number of rotatable bonds is 3. The Kier molecular flexibility index (Phi) is 5.57. The predicted molar refractivity (Wildman–Crippen MR) is 51.8 cm³/mol. The van der Waals surface area contributed by atoms with Crippen molar-refractivity contribution in [3.63, 3.8) is 0 Å². The Morgan fingerprint density at radius 1 is 1.27 bits per heavy atom. The van der Waals surface area contributed by atoms with Gasteiger partial charge in [0.1, 0.15) is 0 Å². The van der Waals surface area contributed by atoms with E-state index in [1.54, 1.807) is 0 Å². The number of nitrogens with one attached hydrogen (secondary N) is 1. The molecule has 0 bridgehead atoms. The van der Waals surface area contributed by atoms with Gasteiger partial charge in [-0.25, -0.2) is 0 Å². The molecule has 0 aromatic heterocycles. The molecule has 11 heavy (non-hydrogen) atoms. The molecule has 1 aliphatic carbocycles. The van der Waals surface area contributed by atoms with Crippen molar-refractivity contribution < 1.29 is 0 Å². The van der Waals surface area contributed by atoms with E-state index in [9.17, 15) is 0 Å². The SMILES string of the molecule is C.CCC1CCCC1CNC. The summed E-state index contributed by atoms with van der Waals surface area (Å²) in [6.45, 7) is 3.55. The Morgan fingerprint density at radius 2 is 1.91 bits per heavy atom. The second-order valence-corrected chi connectivity index (χ2v) is 3.42. The van der Waals surface area contributed by atoms with E-state index in [1.807, 2.05) is 0 Å². The van der Waals surface area contributed by atoms with Crippen LogP contribution in [0.3, 0.4) is 0 Å². The summed E-state index contributed by atoms with van der Waals surface area (Å²) in [5.41, 5.74) is 0. The van der Waals surface area contributed by atoms with Crippen LogP contribution in [0, 0.1) is 11.8 Å². The van der Waals surface area contributed by atoms with E-state index < -0.39 is 0 Å². The van der Waals surface area contributed by atoms with Gasteiger partial charge in [-0.05, 0) is 31.8 Å². The third-order valence-corrected chi connectivity index (χ3v) is 2.81. The second-order valence-electron chi connectivity index (χ2n) is 3.42. The van der Waals surface area contributed by atoms with Crippen LogP contribution in [-0.2, 0) is 0 Å². The summed E-state index contributed by atoms with van der Waals surface area (Å²) in [5, 5.41) is 3.27. The largest absolute Gasteiger partial charge is 0.319 e. The first-order valence-corrected chi connectivity index (χ1v) is 4.53. The van der Waals surface area contributed by atoms with E-state index in [0.29, 0.717) is 0 Å². The van der Waals surface area contributed by atoms with Gasteiger partial charge >= 0.3 is 0 Å². The van der Waals surface area contributed by atoms with Gasteiger partial charge in [0.25, 0.3) is 0 Å². The van der Waals surface area contributed by atoms with Crippen LogP contribution in [0.2, 0.25) is 0 Å². The zero-order valence-electron chi connectivity index (χ0n) is 7.19. The molecule has 1 fully saturated rings. The fourth-order valence-corrected chi connectivity index (χ4v) is 2.18. The van der Waals surface area contributed by atoms with Crippen LogP contribution < -0.4 is 5.32 Å². The molecule has 0 saturated heterocycles. The molecule has 2 unspecified atom stereocenters. The van der Waals surface area contributed by atoms with Crippen LogP contribution in [0.4, 0.5) is 0 Å². The fraction of sp³-hybridized carbons (Fsp3) is 1.00. The van der Waals surface area contributed by atoms with Gasteiger partial charge in [0.2, 0.25) is 0 Å². The maximum absolute atomic E-state index is 3.27. The summed E-state index contributed by atoms with van der Waals surface area (Å²) in [7, 11) is 2.06. The zero-order valence-corrected chi connectivity index (χ0v) is 7.19. The topological polar surface area (TPSA) is 12.0 Å². The highest BCUT2D eigenvalue weighted by molar-refractivity contribution is 4.77. The van der Waals surface area contributed by atoms with Crippen molar-refractivity contribution in [2.75, 3.05) is 13.6 Å². The van der Waals surface area contributed by atoms with Crippen LogP contribution >= 0.6 is 0 Å². The molecular weight excluding hydrogens is 134 g/mol. The first kappa shape index (κ1) is 11.0. The highest BCUT2D eigenvalue weighted by atomic mass is 14.8. The monoisotopic (exact) mass is 157 g/mol. The molecule has 0 amide bonds. The van der Waals surface area contributed by atoms with Crippen molar-refractivity contribution in [1.29, 1.82) is 0 Å². The Bertz CT molecular complexity index is 90.9. The number of hydrogen-bond acceptors (Lipinski definition) is 1. The van der Waals surface area contributed by atoms with Gasteiger partial charge in [0.05, 0.1) is 0 Å². The van der Waals surface area contributed by atoms with Gasteiger partial charge < -0.3 is 5.32 Å². The molecule has 1 aliphatic rings. The average Bonchev–Trinajstić information content (AvgIpc) is 2.36. The van der Waals surface area contributed by atoms with Crippen LogP contribution in [0.25, 0.3) is 0 Å². The standard InChI is InChI=1S/C9H19N.CH4/c1-3-8-5-4-6-9(8)7-10-2;/h8-10H,3-7H2,1-2H3;1H4. The minimum atomic E-state index is 0. The van der Waals surface area contributed by atoms with Crippen molar-refractivity contribution >= 4 is 0 Å². The summed E-state index contributed by atoms with van der Waals surface area (Å²) >= 11 is 0. The first-order chi connectivity index (χ1) is 4.88. The van der Waals surface area contributed by atoms with Crippen molar-refractivity contribution in [2.45, 2.75) is 40.0 Å². The Balaban J connectivity index is 0.000001000. The molecule has 1 nitrogen and oxygen atoms in total. The van der Waals surface area contributed by atoms with Crippen molar-refractivity contribution in [2.24, 2.45) is 11.8 Å². The van der Waals surface area contributed by atoms with E-state index in [1.165, 1.54) is 32.2 Å². The molecule has 68 valence electrons. The van der Waals surface area contributed by atoms with Gasteiger partial charge in [0, 0.05) is 0 Å². The summed E-state index contributed by atoms with van der Waals surface area (Å²) in [6, 6.07) is 0. The van der Waals surface area contributed by atoms with Crippen LogP contribution in [-0.4, -0.2) is 13.6 Å². The minimum Gasteiger partial charge on any atom is -0.319 e. The predicted octanol–water partition coefficient (Wildman–Crippen LogP) is 2.67. The summed E-state index contributed by atoms with van der Waals surface area (Å²) in [6.07, 6.45) is 5.78. The minimum absolute atomic E-state index is 0. The fourth-order valence-electron chi connectivity index (χ4n) is 2.18. The van der Waals surface area contributed by atoms with Crippen molar-refractivity contribution in [3.8, 4) is 0 Å². The molecule has 0 aromatic carbocycles. The molecule has 1 rings (SSSR count). The normalized spacial score (nSPS) is 30.0. The lowest BCUT2D eigenvalue weighted by Gasteiger charge is -2.16. The van der Waals surface area contributed by atoms with Crippen molar-refractivity contribution in [3.05, 3.63) is 0 Å². The Morgan fingerprint density at radius 3 is 2.45 bits per heavy atom. The summed E-state index contributed by atoms with van der Waals surface area (Å²) < 4.78 is 0. The third-order valence-electron chi connectivity index (χ3n) is 2.81. The van der Waals surface area contributed by atoms with Crippen LogP contribution in [0.1, 0.15) is 40.0 Å². The van der Waals surface area contributed by atoms with Gasteiger partial charge in [-0.2, -0.15) is 0 Å². The first-order valence-electron chi connectivity index (χ1n) is 4.53. The van der Waals surface area contributed by atoms with Crippen LogP contribution in [0.15, 0.2) is 0 Å². The average molecular weight is 157 g/mol. The lowest BCUT2D eigenvalue weighted by Crippen LogP contribution is -2.21.